The number of carbonyl (C=O) groups excluding carboxylic acids is 1. The van der Waals surface area contributed by atoms with E-state index >= 15 is 0 Å². The number of likely N-dealkylation sites (N-methyl/N-ethyl adjacent to an activating group) is 1. The third kappa shape index (κ3) is 3.67. The molecule has 0 aliphatic carbocycles. The van der Waals surface area contributed by atoms with Gasteiger partial charge in [-0.15, -0.1) is 0 Å². The first kappa shape index (κ1) is 14.7. The number of morpholine rings is 1. The molecule has 0 spiro atoms. The van der Waals surface area contributed by atoms with Crippen molar-refractivity contribution in [2.45, 2.75) is 13.0 Å². The molecule has 1 saturated heterocycles. The average molecular weight is 374 g/mol. The summed E-state index contributed by atoms with van der Waals surface area (Å²) in [6.07, 6.45) is 0.0881. The molecule has 1 heterocycles. The first-order chi connectivity index (χ1) is 9.09. The van der Waals surface area contributed by atoms with Crippen LogP contribution in [0.1, 0.15) is 15.9 Å². The maximum Gasteiger partial charge on any atom is 0.254 e. The number of hydrogen-bond donors (Lipinski definition) is 1. The van der Waals surface area contributed by atoms with Gasteiger partial charge in [0.05, 0.1) is 18.3 Å². The van der Waals surface area contributed by atoms with Crippen molar-refractivity contribution >= 4 is 28.5 Å². The van der Waals surface area contributed by atoms with Crippen molar-refractivity contribution in [3.8, 4) is 0 Å². The number of aryl methyl sites for hydroxylation is 1. The van der Waals surface area contributed by atoms with Crippen LogP contribution in [0.4, 0.5) is 0 Å². The average Bonchev–Trinajstić information content (AvgIpc) is 2.42. The zero-order valence-corrected chi connectivity index (χ0v) is 13.4. The van der Waals surface area contributed by atoms with Crippen molar-refractivity contribution in [1.82, 2.24) is 10.2 Å². The second-order valence-electron chi connectivity index (χ2n) is 4.82. The van der Waals surface area contributed by atoms with Gasteiger partial charge >= 0.3 is 0 Å². The van der Waals surface area contributed by atoms with Crippen LogP contribution in [0.2, 0.25) is 0 Å². The smallest absolute Gasteiger partial charge is 0.254 e. The standard InChI is InChI=1S/C14H19IN2O2/c1-10-4-3-5-12(13(10)15)14(18)17(2)9-11-8-16-6-7-19-11/h3-5,11,16H,6-9H2,1-2H3. The highest BCUT2D eigenvalue weighted by Crippen LogP contribution is 2.18. The first-order valence-corrected chi connectivity index (χ1v) is 7.50. The lowest BCUT2D eigenvalue weighted by Gasteiger charge is -2.28. The fourth-order valence-electron chi connectivity index (χ4n) is 2.14. The number of ether oxygens (including phenoxy) is 1. The zero-order chi connectivity index (χ0) is 13.8. The lowest BCUT2D eigenvalue weighted by molar-refractivity contribution is 0.0103. The third-order valence-electron chi connectivity index (χ3n) is 3.25. The van der Waals surface area contributed by atoms with Crippen LogP contribution in [-0.4, -0.2) is 50.2 Å². The van der Waals surface area contributed by atoms with E-state index in [1.807, 2.05) is 32.2 Å². The van der Waals surface area contributed by atoms with Crippen molar-refractivity contribution in [2.75, 3.05) is 33.3 Å². The number of hydrogen-bond acceptors (Lipinski definition) is 3. The van der Waals surface area contributed by atoms with Crippen LogP contribution in [-0.2, 0) is 4.74 Å². The molecule has 19 heavy (non-hydrogen) atoms. The summed E-state index contributed by atoms with van der Waals surface area (Å²) in [5.41, 5.74) is 1.90. The van der Waals surface area contributed by atoms with E-state index in [2.05, 4.69) is 27.9 Å². The molecule has 1 aromatic carbocycles. The fraction of sp³-hybridized carbons (Fsp3) is 0.500. The molecule has 1 aromatic rings. The summed E-state index contributed by atoms with van der Waals surface area (Å²) in [4.78, 5) is 14.2. The molecule has 1 unspecified atom stereocenters. The maximum atomic E-state index is 12.4. The van der Waals surface area contributed by atoms with Gasteiger partial charge in [0.15, 0.2) is 0 Å². The fourth-order valence-corrected chi connectivity index (χ4v) is 2.73. The summed E-state index contributed by atoms with van der Waals surface area (Å²) in [7, 11) is 1.83. The summed E-state index contributed by atoms with van der Waals surface area (Å²) in [5.74, 6) is 0.0577. The van der Waals surface area contributed by atoms with Crippen molar-refractivity contribution in [2.24, 2.45) is 0 Å². The quantitative estimate of drug-likeness (QED) is 0.819. The Hall–Kier alpha value is -0.660. The highest BCUT2D eigenvalue weighted by atomic mass is 127. The van der Waals surface area contributed by atoms with Crippen molar-refractivity contribution < 1.29 is 9.53 Å². The lowest BCUT2D eigenvalue weighted by Crippen LogP contribution is -2.45. The molecule has 0 radical (unpaired) electrons. The van der Waals surface area contributed by atoms with Gasteiger partial charge in [-0.2, -0.15) is 0 Å². The van der Waals surface area contributed by atoms with Gasteiger partial charge in [0.25, 0.3) is 5.91 Å². The number of nitrogens with one attached hydrogen (secondary N) is 1. The second-order valence-corrected chi connectivity index (χ2v) is 5.90. The lowest BCUT2D eigenvalue weighted by atomic mass is 10.1. The van der Waals surface area contributed by atoms with Crippen molar-refractivity contribution in [1.29, 1.82) is 0 Å². The Morgan fingerprint density at radius 1 is 1.58 bits per heavy atom. The number of nitrogens with zero attached hydrogens (tertiary/aromatic N) is 1. The predicted octanol–water partition coefficient (Wildman–Crippen LogP) is 1.66. The normalized spacial score (nSPS) is 19.2. The molecule has 5 heteroatoms. The molecule has 0 aromatic heterocycles. The highest BCUT2D eigenvalue weighted by Gasteiger charge is 2.21. The van der Waals surface area contributed by atoms with Gasteiger partial charge < -0.3 is 15.0 Å². The summed E-state index contributed by atoms with van der Waals surface area (Å²) in [6.45, 7) is 5.06. The van der Waals surface area contributed by atoms with Crippen LogP contribution in [0.15, 0.2) is 18.2 Å². The molecular weight excluding hydrogens is 355 g/mol. The van der Waals surface area contributed by atoms with Gasteiger partial charge in [0.2, 0.25) is 0 Å². The van der Waals surface area contributed by atoms with Crippen LogP contribution in [0.3, 0.4) is 0 Å². The molecule has 1 aliphatic heterocycles. The van der Waals surface area contributed by atoms with Gasteiger partial charge in [-0.25, -0.2) is 0 Å². The van der Waals surface area contributed by atoms with E-state index in [9.17, 15) is 4.79 Å². The number of amides is 1. The summed E-state index contributed by atoms with van der Waals surface area (Å²) in [6, 6.07) is 5.83. The van der Waals surface area contributed by atoms with Crippen molar-refractivity contribution in [3.05, 3.63) is 32.9 Å². The van der Waals surface area contributed by atoms with Crippen LogP contribution < -0.4 is 5.32 Å². The monoisotopic (exact) mass is 374 g/mol. The SMILES string of the molecule is Cc1cccc(C(=O)N(C)CC2CNCCO2)c1I. The molecule has 104 valence electrons. The minimum atomic E-state index is 0.0577. The van der Waals surface area contributed by atoms with E-state index in [0.717, 1.165) is 27.8 Å². The Morgan fingerprint density at radius 2 is 2.37 bits per heavy atom. The van der Waals surface area contributed by atoms with Gasteiger partial charge in [-0.05, 0) is 41.1 Å². The molecule has 1 aliphatic rings. The number of benzene rings is 1. The van der Waals surface area contributed by atoms with Crippen molar-refractivity contribution in [3.63, 3.8) is 0 Å². The predicted molar refractivity (Wildman–Crippen MR) is 83.5 cm³/mol. The Kier molecular flexibility index (Phi) is 5.18. The minimum absolute atomic E-state index is 0.0577. The Morgan fingerprint density at radius 3 is 3.05 bits per heavy atom. The molecule has 1 amide bonds. The van der Waals surface area contributed by atoms with E-state index in [-0.39, 0.29) is 12.0 Å². The molecule has 1 fully saturated rings. The maximum absolute atomic E-state index is 12.4. The largest absolute Gasteiger partial charge is 0.374 e. The summed E-state index contributed by atoms with van der Waals surface area (Å²) >= 11 is 2.23. The summed E-state index contributed by atoms with van der Waals surface area (Å²) < 4.78 is 6.66. The van der Waals surface area contributed by atoms with Gasteiger partial charge in [-0.1, -0.05) is 12.1 Å². The van der Waals surface area contributed by atoms with E-state index in [1.165, 1.54) is 0 Å². The number of carbonyl (C=O) groups is 1. The van der Waals surface area contributed by atoms with Crippen LogP contribution in [0.25, 0.3) is 0 Å². The Bertz CT molecular complexity index is 459. The van der Waals surface area contributed by atoms with Gasteiger partial charge in [-0.3, -0.25) is 4.79 Å². The molecule has 2 rings (SSSR count). The Labute approximate surface area is 127 Å². The molecule has 0 bridgehead atoms. The summed E-state index contributed by atoms with van der Waals surface area (Å²) in [5, 5.41) is 3.27. The van der Waals surface area contributed by atoms with E-state index in [1.54, 1.807) is 4.90 Å². The molecular formula is C14H19IN2O2. The number of halogens is 1. The minimum Gasteiger partial charge on any atom is -0.374 e. The molecule has 1 N–H and O–H groups in total. The van der Waals surface area contributed by atoms with Crippen LogP contribution >= 0.6 is 22.6 Å². The first-order valence-electron chi connectivity index (χ1n) is 6.42. The molecule has 1 atom stereocenters. The third-order valence-corrected chi connectivity index (χ3v) is 4.68. The van der Waals surface area contributed by atoms with E-state index in [4.69, 9.17) is 4.74 Å². The number of rotatable bonds is 3. The topological polar surface area (TPSA) is 41.6 Å². The van der Waals surface area contributed by atoms with E-state index < -0.39 is 0 Å². The van der Waals surface area contributed by atoms with Gasteiger partial charge in [0.1, 0.15) is 0 Å². The van der Waals surface area contributed by atoms with Crippen LogP contribution in [0, 0.1) is 10.5 Å². The molecule has 0 saturated carbocycles. The Balaban J connectivity index is 2.03. The zero-order valence-electron chi connectivity index (χ0n) is 11.3. The molecule has 4 nitrogen and oxygen atoms in total. The van der Waals surface area contributed by atoms with Crippen LogP contribution in [0.5, 0.6) is 0 Å². The van der Waals surface area contributed by atoms with Gasteiger partial charge in [0, 0.05) is 30.3 Å². The second kappa shape index (κ2) is 6.67. The highest BCUT2D eigenvalue weighted by molar-refractivity contribution is 14.1. The van der Waals surface area contributed by atoms with E-state index in [0.29, 0.717) is 13.2 Å².